The van der Waals surface area contributed by atoms with Crippen LogP contribution in [0, 0.1) is 37.0 Å². The van der Waals surface area contributed by atoms with E-state index in [9.17, 15) is 5.26 Å². The molecule has 1 aliphatic rings. The lowest BCUT2D eigenvalue weighted by atomic mass is 9.79. The van der Waals surface area contributed by atoms with E-state index in [4.69, 9.17) is 0 Å². The van der Waals surface area contributed by atoms with Gasteiger partial charge in [0.15, 0.2) is 0 Å². The fourth-order valence-electron chi connectivity index (χ4n) is 2.66. The highest BCUT2D eigenvalue weighted by atomic mass is 15.1. The first-order valence-electron chi connectivity index (χ1n) is 6.03. The maximum atomic E-state index is 9.22. The molecule has 0 radical (unpaired) electrons. The number of nitrogens with zero attached hydrogens (tertiary/aromatic N) is 3. The van der Waals surface area contributed by atoms with Crippen molar-refractivity contribution >= 4 is 0 Å². The number of hydrogen-bond donors (Lipinski definition) is 0. The maximum Gasteiger partial charge on any atom is 0.0954 e. The van der Waals surface area contributed by atoms with Crippen LogP contribution in [0.4, 0.5) is 0 Å². The standard InChI is InChI=1S/C13H19N3/c1-9-4-5-12(7-14)13(6-9)16-8-15-10(2)11(16)3/h8-9,12-13H,4-6H2,1-3H3. The van der Waals surface area contributed by atoms with E-state index >= 15 is 0 Å². The Labute approximate surface area is 97.1 Å². The molecule has 1 aliphatic carbocycles. The fourth-order valence-corrected chi connectivity index (χ4v) is 2.66. The SMILES string of the molecule is Cc1ncn(C2CC(C)CCC2C#N)c1C. The molecule has 86 valence electrons. The topological polar surface area (TPSA) is 41.6 Å². The van der Waals surface area contributed by atoms with Gasteiger partial charge in [0, 0.05) is 5.69 Å². The molecule has 1 heterocycles. The van der Waals surface area contributed by atoms with Gasteiger partial charge in [0.2, 0.25) is 0 Å². The predicted octanol–water partition coefficient (Wildman–Crippen LogP) is 3.00. The molecule has 3 unspecified atom stereocenters. The van der Waals surface area contributed by atoms with E-state index in [-0.39, 0.29) is 5.92 Å². The highest BCUT2D eigenvalue weighted by Crippen LogP contribution is 2.37. The van der Waals surface area contributed by atoms with Gasteiger partial charge < -0.3 is 4.57 Å². The molecule has 0 spiro atoms. The largest absolute Gasteiger partial charge is 0.330 e. The summed E-state index contributed by atoms with van der Waals surface area (Å²) in [6.45, 7) is 6.40. The van der Waals surface area contributed by atoms with Crippen LogP contribution in [0.5, 0.6) is 0 Å². The predicted molar refractivity (Wildman–Crippen MR) is 62.9 cm³/mol. The third kappa shape index (κ3) is 1.84. The molecule has 1 fully saturated rings. The second-order valence-corrected chi connectivity index (χ2v) is 5.04. The van der Waals surface area contributed by atoms with E-state index in [1.165, 1.54) is 12.1 Å². The summed E-state index contributed by atoms with van der Waals surface area (Å²) < 4.78 is 2.21. The molecular weight excluding hydrogens is 198 g/mol. The van der Waals surface area contributed by atoms with Crippen molar-refractivity contribution in [2.24, 2.45) is 11.8 Å². The summed E-state index contributed by atoms with van der Waals surface area (Å²) in [6.07, 6.45) is 5.22. The third-order valence-corrected chi connectivity index (χ3v) is 3.89. The van der Waals surface area contributed by atoms with Crippen LogP contribution < -0.4 is 0 Å². The van der Waals surface area contributed by atoms with Gasteiger partial charge in [0.25, 0.3) is 0 Å². The molecule has 0 bridgehead atoms. The zero-order valence-electron chi connectivity index (χ0n) is 10.3. The van der Waals surface area contributed by atoms with E-state index < -0.39 is 0 Å². The highest BCUT2D eigenvalue weighted by molar-refractivity contribution is 5.12. The number of nitriles is 1. The summed E-state index contributed by atoms with van der Waals surface area (Å²) in [5, 5.41) is 9.22. The van der Waals surface area contributed by atoms with Gasteiger partial charge in [0.05, 0.1) is 30.1 Å². The molecule has 0 saturated heterocycles. The second kappa shape index (κ2) is 4.29. The molecule has 16 heavy (non-hydrogen) atoms. The number of rotatable bonds is 1. The highest BCUT2D eigenvalue weighted by Gasteiger charge is 2.30. The molecule has 1 aromatic heterocycles. The van der Waals surface area contributed by atoms with Crippen molar-refractivity contribution in [3.05, 3.63) is 17.7 Å². The number of aryl methyl sites for hydroxylation is 1. The van der Waals surface area contributed by atoms with E-state index in [0.717, 1.165) is 24.5 Å². The van der Waals surface area contributed by atoms with Crippen molar-refractivity contribution in [1.29, 1.82) is 5.26 Å². The Morgan fingerprint density at radius 3 is 2.75 bits per heavy atom. The van der Waals surface area contributed by atoms with Crippen LogP contribution in [0.2, 0.25) is 0 Å². The molecule has 0 aromatic carbocycles. The Morgan fingerprint density at radius 2 is 2.19 bits per heavy atom. The van der Waals surface area contributed by atoms with Crippen LogP contribution in [-0.2, 0) is 0 Å². The molecule has 0 aliphatic heterocycles. The van der Waals surface area contributed by atoms with Gasteiger partial charge in [-0.2, -0.15) is 5.26 Å². The van der Waals surface area contributed by atoms with Crippen molar-refractivity contribution in [3.63, 3.8) is 0 Å². The summed E-state index contributed by atoms with van der Waals surface area (Å²) in [6, 6.07) is 2.79. The van der Waals surface area contributed by atoms with Gasteiger partial charge >= 0.3 is 0 Å². The summed E-state index contributed by atoms with van der Waals surface area (Å²) >= 11 is 0. The van der Waals surface area contributed by atoms with Crippen molar-refractivity contribution in [2.45, 2.75) is 46.1 Å². The van der Waals surface area contributed by atoms with Gasteiger partial charge in [0.1, 0.15) is 0 Å². The zero-order chi connectivity index (χ0) is 11.7. The number of imidazole rings is 1. The van der Waals surface area contributed by atoms with E-state index in [1.54, 1.807) is 0 Å². The van der Waals surface area contributed by atoms with Crippen LogP contribution in [-0.4, -0.2) is 9.55 Å². The van der Waals surface area contributed by atoms with Crippen LogP contribution >= 0.6 is 0 Å². The molecule has 3 heteroatoms. The molecule has 2 rings (SSSR count). The minimum Gasteiger partial charge on any atom is -0.330 e. The van der Waals surface area contributed by atoms with Crippen molar-refractivity contribution < 1.29 is 0 Å². The third-order valence-electron chi connectivity index (χ3n) is 3.89. The molecule has 0 N–H and O–H groups in total. The Morgan fingerprint density at radius 1 is 1.44 bits per heavy atom. The zero-order valence-corrected chi connectivity index (χ0v) is 10.3. The van der Waals surface area contributed by atoms with E-state index in [1.807, 2.05) is 13.3 Å². The lowest BCUT2D eigenvalue weighted by molar-refractivity contribution is 0.230. The normalized spacial score (nSPS) is 30.0. The quantitative estimate of drug-likeness (QED) is 0.725. The first-order valence-corrected chi connectivity index (χ1v) is 6.03. The molecule has 0 amide bonds. The summed E-state index contributed by atoms with van der Waals surface area (Å²) in [7, 11) is 0. The van der Waals surface area contributed by atoms with Crippen molar-refractivity contribution in [2.75, 3.05) is 0 Å². The smallest absolute Gasteiger partial charge is 0.0954 e. The Hall–Kier alpha value is -1.30. The lowest BCUT2D eigenvalue weighted by Gasteiger charge is -2.32. The van der Waals surface area contributed by atoms with Gasteiger partial charge in [-0.25, -0.2) is 4.98 Å². The minimum atomic E-state index is 0.156. The number of aromatic nitrogens is 2. The average molecular weight is 217 g/mol. The lowest BCUT2D eigenvalue weighted by Crippen LogP contribution is -2.26. The Kier molecular flexibility index (Phi) is 3.00. The van der Waals surface area contributed by atoms with Crippen molar-refractivity contribution in [1.82, 2.24) is 9.55 Å². The number of hydrogen-bond acceptors (Lipinski definition) is 2. The molecule has 1 saturated carbocycles. The molecule has 1 aromatic rings. The van der Waals surface area contributed by atoms with Crippen LogP contribution in [0.25, 0.3) is 0 Å². The average Bonchev–Trinajstić information content (AvgIpc) is 2.60. The monoisotopic (exact) mass is 217 g/mol. The minimum absolute atomic E-state index is 0.156. The van der Waals surface area contributed by atoms with Gasteiger partial charge in [-0.05, 0) is 39.0 Å². The van der Waals surface area contributed by atoms with Crippen LogP contribution in [0.15, 0.2) is 6.33 Å². The van der Waals surface area contributed by atoms with Gasteiger partial charge in [-0.1, -0.05) is 6.92 Å². The summed E-state index contributed by atoms with van der Waals surface area (Å²) in [5.41, 5.74) is 2.29. The van der Waals surface area contributed by atoms with E-state index in [0.29, 0.717) is 6.04 Å². The first kappa shape index (κ1) is 11.2. The molecular formula is C13H19N3. The second-order valence-electron chi connectivity index (χ2n) is 5.04. The van der Waals surface area contributed by atoms with Crippen LogP contribution in [0.1, 0.15) is 43.6 Å². The fraction of sp³-hybridized carbons (Fsp3) is 0.692. The maximum absolute atomic E-state index is 9.22. The van der Waals surface area contributed by atoms with Gasteiger partial charge in [-0.3, -0.25) is 0 Å². The van der Waals surface area contributed by atoms with E-state index in [2.05, 4.69) is 29.5 Å². The summed E-state index contributed by atoms with van der Waals surface area (Å²) in [5.74, 6) is 0.875. The Balaban J connectivity index is 2.30. The molecule has 3 atom stereocenters. The van der Waals surface area contributed by atoms with Gasteiger partial charge in [-0.15, -0.1) is 0 Å². The molecule has 3 nitrogen and oxygen atoms in total. The Bertz CT molecular complexity index is 413. The summed E-state index contributed by atoms with van der Waals surface area (Å²) in [4.78, 5) is 4.34. The van der Waals surface area contributed by atoms with Crippen LogP contribution in [0.3, 0.4) is 0 Å². The first-order chi connectivity index (χ1) is 7.63. The van der Waals surface area contributed by atoms with Crippen molar-refractivity contribution in [3.8, 4) is 6.07 Å².